The molecule has 6 rings (SSSR count). The van der Waals surface area contributed by atoms with Gasteiger partial charge in [-0.05, 0) is 57.3 Å². The molecule has 2 fully saturated rings. The van der Waals surface area contributed by atoms with Crippen LogP contribution in [0.25, 0.3) is 10.8 Å². The Balaban J connectivity index is 1.29. The van der Waals surface area contributed by atoms with Gasteiger partial charge in [0.25, 0.3) is 0 Å². The number of hydrogen-bond acceptors (Lipinski definition) is 8. The van der Waals surface area contributed by atoms with Gasteiger partial charge in [0, 0.05) is 65.7 Å². The fourth-order valence-electron chi connectivity index (χ4n) is 7.03. The van der Waals surface area contributed by atoms with Crippen LogP contribution in [0.4, 0.5) is 11.5 Å². The molecule has 3 aliphatic rings. The van der Waals surface area contributed by atoms with Crippen LogP contribution in [-0.4, -0.2) is 102 Å². The molecule has 0 N–H and O–H groups in total. The minimum absolute atomic E-state index is 0.0344. The summed E-state index contributed by atoms with van der Waals surface area (Å²) in [4.78, 5) is 40.7. The molecule has 242 valence electrons. The third-order valence-corrected chi connectivity index (χ3v) is 9.81. The first kappa shape index (κ1) is 31.9. The largest absolute Gasteiger partial charge is 0.466 e. The fraction of sp³-hybridized carbons (Fsp3) is 0.457. The lowest BCUT2D eigenvalue weighted by molar-refractivity contribution is -0.407. The van der Waals surface area contributed by atoms with Gasteiger partial charge >= 0.3 is 17.8 Å². The summed E-state index contributed by atoms with van der Waals surface area (Å²) in [5, 5.41) is 2.89. The van der Waals surface area contributed by atoms with E-state index in [1.54, 1.807) is 4.90 Å². The number of halogens is 1. The number of amides is 1. The third-order valence-electron chi connectivity index (χ3n) is 9.49. The lowest BCUT2D eigenvalue weighted by Gasteiger charge is -2.31. The monoisotopic (exact) mass is 645 g/mol. The molecule has 2 aromatic carbocycles. The fourth-order valence-corrected chi connectivity index (χ4v) is 7.31. The number of carbonyl (C=O) groups excluding carboxylic acids is 2. The van der Waals surface area contributed by atoms with Gasteiger partial charge in [0.05, 0.1) is 43.2 Å². The summed E-state index contributed by atoms with van der Waals surface area (Å²) < 4.78 is 13.0. The Morgan fingerprint density at radius 3 is 2.70 bits per heavy atom. The number of hydrogen-bond donors (Lipinski definition) is 0. The second-order valence-electron chi connectivity index (χ2n) is 12.6. The van der Waals surface area contributed by atoms with Gasteiger partial charge in [-0.25, -0.2) is 9.37 Å². The second kappa shape index (κ2) is 13.8. The van der Waals surface area contributed by atoms with Crippen molar-refractivity contribution in [1.82, 2.24) is 19.8 Å². The number of anilines is 1. The topological polar surface area (TPSA) is 91.1 Å². The zero-order valence-corrected chi connectivity index (χ0v) is 27.7. The van der Waals surface area contributed by atoms with Crippen LogP contribution in [0, 0.1) is 5.92 Å². The zero-order valence-electron chi connectivity index (χ0n) is 27.0. The minimum Gasteiger partial charge on any atom is -0.466 e. The maximum atomic E-state index is 12.8. The molecule has 3 atom stereocenters. The predicted molar refractivity (Wildman–Crippen MR) is 179 cm³/mol. The molecule has 0 radical (unpaired) electrons. The molecule has 3 aromatic rings. The number of rotatable bonds is 8. The van der Waals surface area contributed by atoms with Crippen LogP contribution >= 0.6 is 11.6 Å². The number of ether oxygens (including phenoxy) is 2. The summed E-state index contributed by atoms with van der Waals surface area (Å²) in [6.45, 7) is 5.60. The first-order chi connectivity index (χ1) is 22.2. The SMILES string of the molecule is COC(=O)/C=C/C(=O)N1CC(/C=[N+](\C)c2nc(OC[C@@H]3CCCN3C)nc3c2CCN(c2cccc4cccc(Cl)c24)C3)C[C@@H]1C. The molecule has 0 saturated carbocycles. The Bertz CT molecular complexity index is 1690. The number of nitrogens with zero attached hydrogens (tertiary/aromatic N) is 6. The molecule has 1 amide bonds. The van der Waals surface area contributed by atoms with Gasteiger partial charge in [-0.2, -0.15) is 4.98 Å². The van der Waals surface area contributed by atoms with Gasteiger partial charge in [-0.1, -0.05) is 35.9 Å². The standard InChI is InChI=1S/C35H42ClN6O4/c1-23-18-24(20-42(23)31(43)13-14-32(44)45-4)19-40(3)34-27-15-17-41(30-12-6-9-25-8-5-11-28(36)33(25)30)21-29(27)37-35(38-34)46-22-26-10-7-16-39(26)2/h5-6,8-9,11-14,19,23-24,26H,7,10,15-18,20-22H2,1-4H3/q+1/b14-13+,40-19+/t23-,24?,26-/m0/s1. The van der Waals surface area contributed by atoms with Gasteiger partial charge in [0.15, 0.2) is 0 Å². The second-order valence-corrected chi connectivity index (χ2v) is 13.0. The van der Waals surface area contributed by atoms with Gasteiger partial charge < -0.3 is 24.2 Å². The summed E-state index contributed by atoms with van der Waals surface area (Å²) in [5.74, 6) is 0.210. The van der Waals surface area contributed by atoms with E-state index < -0.39 is 5.97 Å². The number of benzene rings is 2. The minimum atomic E-state index is -0.545. The highest BCUT2D eigenvalue weighted by molar-refractivity contribution is 6.36. The number of likely N-dealkylation sites (tertiary alicyclic amines) is 2. The number of likely N-dealkylation sites (N-methyl/N-ethyl adjacent to an activating group) is 1. The number of methoxy groups -OCH3 is 1. The Labute approximate surface area is 275 Å². The van der Waals surface area contributed by atoms with E-state index in [1.165, 1.54) is 25.7 Å². The van der Waals surface area contributed by atoms with E-state index in [2.05, 4.69) is 56.6 Å². The molecule has 4 heterocycles. The molecule has 11 heteroatoms. The highest BCUT2D eigenvalue weighted by Crippen LogP contribution is 2.37. The number of carbonyl (C=O) groups is 2. The zero-order chi connectivity index (χ0) is 32.4. The van der Waals surface area contributed by atoms with E-state index in [1.807, 2.05) is 26.1 Å². The maximum Gasteiger partial charge on any atom is 0.434 e. The quantitative estimate of drug-likeness (QED) is 0.152. The van der Waals surface area contributed by atoms with Crippen LogP contribution in [-0.2, 0) is 27.3 Å². The average Bonchev–Trinajstić information content (AvgIpc) is 3.65. The molecule has 2 saturated heterocycles. The van der Waals surface area contributed by atoms with Crippen LogP contribution < -0.4 is 9.64 Å². The van der Waals surface area contributed by atoms with Gasteiger partial charge in [0.1, 0.15) is 6.61 Å². The van der Waals surface area contributed by atoms with E-state index in [0.717, 1.165) is 70.9 Å². The molecule has 1 aromatic heterocycles. The lowest BCUT2D eigenvalue weighted by atomic mass is 10.0. The third kappa shape index (κ3) is 6.73. The molecule has 10 nitrogen and oxygen atoms in total. The molecule has 0 bridgehead atoms. The highest BCUT2D eigenvalue weighted by atomic mass is 35.5. The van der Waals surface area contributed by atoms with Crippen LogP contribution in [0.1, 0.15) is 37.4 Å². The van der Waals surface area contributed by atoms with Crippen LogP contribution in [0.2, 0.25) is 5.02 Å². The Hall–Kier alpha value is -4.02. The van der Waals surface area contributed by atoms with Gasteiger partial charge in [0.2, 0.25) is 5.91 Å². The molecule has 0 spiro atoms. The smallest absolute Gasteiger partial charge is 0.434 e. The van der Waals surface area contributed by atoms with Crippen molar-refractivity contribution in [2.45, 2.75) is 51.2 Å². The van der Waals surface area contributed by atoms with Gasteiger partial charge in [-0.15, -0.1) is 0 Å². The summed E-state index contributed by atoms with van der Waals surface area (Å²) in [6, 6.07) is 13.1. The van der Waals surface area contributed by atoms with E-state index >= 15 is 0 Å². The van der Waals surface area contributed by atoms with Crippen molar-refractivity contribution in [2.75, 3.05) is 52.3 Å². The van der Waals surface area contributed by atoms with Gasteiger partial charge in [-0.3, -0.25) is 4.79 Å². The van der Waals surface area contributed by atoms with E-state index in [0.29, 0.717) is 31.7 Å². The molecular weight excluding hydrogens is 604 g/mol. The van der Waals surface area contributed by atoms with E-state index in [4.69, 9.17) is 26.3 Å². The molecule has 0 aliphatic carbocycles. The van der Waals surface area contributed by atoms with Crippen molar-refractivity contribution in [1.29, 1.82) is 0 Å². The predicted octanol–water partition coefficient (Wildman–Crippen LogP) is 4.63. The van der Waals surface area contributed by atoms with Crippen LogP contribution in [0.3, 0.4) is 0 Å². The number of aromatic nitrogens is 2. The molecule has 46 heavy (non-hydrogen) atoms. The average molecular weight is 646 g/mol. The van der Waals surface area contributed by atoms with Crippen LogP contribution in [0.5, 0.6) is 6.01 Å². The first-order valence-corrected chi connectivity index (χ1v) is 16.4. The van der Waals surface area contributed by atoms with E-state index in [9.17, 15) is 9.59 Å². The maximum absolute atomic E-state index is 12.8. The van der Waals surface area contributed by atoms with Crippen molar-refractivity contribution in [3.63, 3.8) is 0 Å². The summed E-state index contributed by atoms with van der Waals surface area (Å²) >= 11 is 6.71. The van der Waals surface area contributed by atoms with E-state index in [-0.39, 0.29) is 17.9 Å². The first-order valence-electron chi connectivity index (χ1n) is 16.0. The van der Waals surface area contributed by atoms with Crippen molar-refractivity contribution < 1.29 is 23.6 Å². The Morgan fingerprint density at radius 2 is 1.93 bits per heavy atom. The Kier molecular flexibility index (Phi) is 9.56. The molecular formula is C35H42ClN6O4+. The van der Waals surface area contributed by atoms with Crippen molar-refractivity contribution in [2.24, 2.45) is 5.92 Å². The Morgan fingerprint density at radius 1 is 1.13 bits per heavy atom. The summed E-state index contributed by atoms with van der Waals surface area (Å²) in [7, 11) is 5.45. The molecule has 1 unspecified atom stereocenters. The molecule has 3 aliphatic heterocycles. The van der Waals surface area contributed by atoms with Crippen LogP contribution in [0.15, 0.2) is 48.6 Å². The van der Waals surface area contributed by atoms with Crippen molar-refractivity contribution >= 4 is 52.0 Å². The number of fused-ring (bicyclic) bond motifs is 2. The van der Waals surface area contributed by atoms with Crippen molar-refractivity contribution in [3.05, 3.63) is 64.8 Å². The lowest BCUT2D eigenvalue weighted by Crippen LogP contribution is -2.33. The van der Waals surface area contributed by atoms with Crippen molar-refractivity contribution in [3.8, 4) is 6.01 Å². The summed E-state index contributed by atoms with van der Waals surface area (Å²) in [6.07, 6.45) is 8.45. The summed E-state index contributed by atoms with van der Waals surface area (Å²) in [5.41, 5.74) is 3.14. The highest BCUT2D eigenvalue weighted by Gasteiger charge is 2.34. The normalized spacial score (nSPS) is 22.1. The number of esters is 1.